The van der Waals surface area contributed by atoms with Crippen LogP contribution in [0.2, 0.25) is 0 Å². The predicted molar refractivity (Wildman–Crippen MR) is 101 cm³/mol. The Labute approximate surface area is 152 Å². The third kappa shape index (κ3) is 3.36. The van der Waals surface area contributed by atoms with Crippen LogP contribution in [0.25, 0.3) is 0 Å². The third-order valence-corrected chi connectivity index (χ3v) is 6.83. The Hall–Kier alpha value is -1.35. The minimum atomic E-state index is 0.167. The van der Waals surface area contributed by atoms with Gasteiger partial charge in [0.15, 0.2) is 0 Å². The van der Waals surface area contributed by atoms with Gasteiger partial charge in [0.05, 0.1) is 0 Å². The van der Waals surface area contributed by atoms with Gasteiger partial charge in [-0.05, 0) is 55.7 Å². The number of rotatable bonds is 3. The topological polar surface area (TPSA) is 23.6 Å². The molecule has 0 aromatic heterocycles. The van der Waals surface area contributed by atoms with E-state index in [0.717, 1.165) is 25.4 Å². The third-order valence-electron chi connectivity index (χ3n) is 6.83. The molecule has 0 N–H and O–H groups in total. The van der Waals surface area contributed by atoms with E-state index in [0.29, 0.717) is 12.3 Å². The summed E-state index contributed by atoms with van der Waals surface area (Å²) < 4.78 is 0. The second kappa shape index (κ2) is 7.11. The summed E-state index contributed by atoms with van der Waals surface area (Å²) in [7, 11) is 0. The average Bonchev–Trinajstić information content (AvgIpc) is 3.22. The Kier molecular flexibility index (Phi) is 4.86. The molecule has 0 radical (unpaired) electrons. The van der Waals surface area contributed by atoms with Crippen LogP contribution in [-0.4, -0.2) is 40.9 Å². The van der Waals surface area contributed by atoms with Crippen LogP contribution in [0.15, 0.2) is 24.3 Å². The summed E-state index contributed by atoms with van der Waals surface area (Å²) in [5.74, 6) is 1.19. The normalized spacial score (nSPS) is 27.6. The molecule has 2 aliphatic heterocycles. The molecule has 1 aromatic carbocycles. The van der Waals surface area contributed by atoms with Gasteiger partial charge in [-0.3, -0.25) is 9.69 Å². The number of amides is 1. The van der Waals surface area contributed by atoms with E-state index >= 15 is 0 Å². The first kappa shape index (κ1) is 17.1. The van der Waals surface area contributed by atoms with E-state index in [1.54, 1.807) is 0 Å². The van der Waals surface area contributed by atoms with Crippen LogP contribution in [0.1, 0.15) is 63.0 Å². The number of hydrogen-bond acceptors (Lipinski definition) is 2. The fourth-order valence-electron chi connectivity index (χ4n) is 5.47. The molecular formula is C22H32N2O. The Morgan fingerprint density at radius 3 is 2.68 bits per heavy atom. The lowest BCUT2D eigenvalue weighted by atomic mass is 9.86. The van der Waals surface area contributed by atoms with Crippen LogP contribution < -0.4 is 0 Å². The standard InChI is InChI=1S/C22H32N2O/c1-2-21(25)23-16-20-11-6-5-10-19(20)14-22(17-23)12-7-13-24(22)15-18-8-3-4-9-18/h5-6,10-11,18H,2-4,7-9,12-17H2,1H3. The molecule has 1 saturated heterocycles. The van der Waals surface area contributed by atoms with Gasteiger partial charge in [-0.2, -0.15) is 0 Å². The van der Waals surface area contributed by atoms with Gasteiger partial charge in [-0.15, -0.1) is 0 Å². The number of fused-ring (bicyclic) bond motifs is 1. The van der Waals surface area contributed by atoms with Crippen LogP contribution >= 0.6 is 0 Å². The first-order valence-electron chi connectivity index (χ1n) is 10.3. The summed E-state index contributed by atoms with van der Waals surface area (Å²) in [5.41, 5.74) is 2.99. The second-order valence-electron chi connectivity index (χ2n) is 8.47. The monoisotopic (exact) mass is 340 g/mol. The maximum Gasteiger partial charge on any atom is 0.222 e. The lowest BCUT2D eigenvalue weighted by molar-refractivity contribution is -0.133. The molecule has 4 rings (SSSR count). The SMILES string of the molecule is CCC(=O)N1Cc2ccccc2CC2(CCCN2CC2CCCC2)C1. The number of carbonyl (C=O) groups is 1. The lowest BCUT2D eigenvalue weighted by Crippen LogP contribution is -2.54. The molecule has 136 valence electrons. The first-order chi connectivity index (χ1) is 12.2. The zero-order valence-corrected chi connectivity index (χ0v) is 15.7. The van der Waals surface area contributed by atoms with Crippen molar-refractivity contribution < 1.29 is 4.79 Å². The number of likely N-dealkylation sites (tertiary alicyclic amines) is 1. The molecule has 0 bridgehead atoms. The predicted octanol–water partition coefficient (Wildman–Crippen LogP) is 4.01. The van der Waals surface area contributed by atoms with Gasteiger partial charge in [0.2, 0.25) is 5.91 Å². The molecular weight excluding hydrogens is 308 g/mol. The van der Waals surface area contributed by atoms with Crippen molar-refractivity contribution in [2.45, 2.75) is 70.4 Å². The molecule has 3 aliphatic rings. The molecule has 2 fully saturated rings. The second-order valence-corrected chi connectivity index (χ2v) is 8.47. The van der Waals surface area contributed by atoms with Gasteiger partial charge in [0.1, 0.15) is 0 Å². The molecule has 3 nitrogen and oxygen atoms in total. The minimum Gasteiger partial charge on any atom is -0.337 e. The van der Waals surface area contributed by atoms with Gasteiger partial charge in [-0.1, -0.05) is 44.0 Å². The Morgan fingerprint density at radius 2 is 1.92 bits per heavy atom. The summed E-state index contributed by atoms with van der Waals surface area (Å²) in [5, 5.41) is 0. The summed E-state index contributed by atoms with van der Waals surface area (Å²) in [6.45, 7) is 6.17. The van der Waals surface area contributed by atoms with E-state index in [4.69, 9.17) is 0 Å². The Balaban J connectivity index is 1.64. The fourth-order valence-corrected chi connectivity index (χ4v) is 5.47. The van der Waals surface area contributed by atoms with Gasteiger partial charge in [0, 0.05) is 31.6 Å². The molecule has 1 atom stereocenters. The Bertz CT molecular complexity index is 622. The smallest absolute Gasteiger partial charge is 0.222 e. The van der Waals surface area contributed by atoms with E-state index in [1.165, 1.54) is 62.7 Å². The van der Waals surface area contributed by atoms with Gasteiger partial charge in [0.25, 0.3) is 0 Å². The quantitative estimate of drug-likeness (QED) is 0.830. The molecule has 1 aromatic rings. The van der Waals surface area contributed by atoms with Crippen LogP contribution in [0.4, 0.5) is 0 Å². The largest absolute Gasteiger partial charge is 0.337 e. The number of hydrogen-bond donors (Lipinski definition) is 0. The maximum absolute atomic E-state index is 12.6. The zero-order chi connectivity index (χ0) is 17.3. The average molecular weight is 341 g/mol. The van der Waals surface area contributed by atoms with Crippen LogP contribution in [0.5, 0.6) is 0 Å². The highest BCUT2D eigenvalue weighted by Gasteiger charge is 2.45. The van der Waals surface area contributed by atoms with E-state index in [2.05, 4.69) is 34.1 Å². The zero-order valence-electron chi connectivity index (χ0n) is 15.7. The van der Waals surface area contributed by atoms with E-state index in [1.807, 2.05) is 6.92 Å². The molecule has 1 aliphatic carbocycles. The van der Waals surface area contributed by atoms with Gasteiger partial charge < -0.3 is 4.90 Å². The highest BCUT2D eigenvalue weighted by Crippen LogP contribution is 2.39. The first-order valence-corrected chi connectivity index (χ1v) is 10.3. The van der Waals surface area contributed by atoms with Gasteiger partial charge >= 0.3 is 0 Å². The Morgan fingerprint density at radius 1 is 1.16 bits per heavy atom. The van der Waals surface area contributed by atoms with E-state index in [9.17, 15) is 4.79 Å². The van der Waals surface area contributed by atoms with Crippen molar-refractivity contribution >= 4 is 5.91 Å². The molecule has 1 amide bonds. The van der Waals surface area contributed by atoms with Crippen LogP contribution in [0.3, 0.4) is 0 Å². The van der Waals surface area contributed by atoms with Crippen molar-refractivity contribution in [3.8, 4) is 0 Å². The van der Waals surface area contributed by atoms with Crippen molar-refractivity contribution in [3.05, 3.63) is 35.4 Å². The highest BCUT2D eigenvalue weighted by atomic mass is 16.2. The van der Waals surface area contributed by atoms with E-state index < -0.39 is 0 Å². The van der Waals surface area contributed by atoms with Crippen molar-refractivity contribution in [2.75, 3.05) is 19.6 Å². The number of benzene rings is 1. The maximum atomic E-state index is 12.6. The highest BCUT2D eigenvalue weighted by molar-refractivity contribution is 5.76. The fraction of sp³-hybridized carbons (Fsp3) is 0.682. The number of carbonyl (C=O) groups excluding carboxylic acids is 1. The molecule has 1 unspecified atom stereocenters. The summed E-state index contributed by atoms with van der Waals surface area (Å²) in [6, 6.07) is 8.81. The number of nitrogens with zero attached hydrogens (tertiary/aromatic N) is 2. The molecule has 2 heterocycles. The minimum absolute atomic E-state index is 0.167. The van der Waals surface area contributed by atoms with Crippen molar-refractivity contribution in [2.24, 2.45) is 5.92 Å². The molecule has 1 spiro atoms. The van der Waals surface area contributed by atoms with Crippen molar-refractivity contribution in [3.63, 3.8) is 0 Å². The molecule has 1 saturated carbocycles. The summed E-state index contributed by atoms with van der Waals surface area (Å²) in [4.78, 5) is 17.6. The van der Waals surface area contributed by atoms with Gasteiger partial charge in [-0.25, -0.2) is 0 Å². The summed E-state index contributed by atoms with van der Waals surface area (Å²) in [6.07, 6.45) is 9.87. The molecule has 3 heteroatoms. The summed E-state index contributed by atoms with van der Waals surface area (Å²) >= 11 is 0. The van der Waals surface area contributed by atoms with Crippen molar-refractivity contribution in [1.29, 1.82) is 0 Å². The van der Waals surface area contributed by atoms with Crippen LogP contribution in [0, 0.1) is 5.92 Å². The van der Waals surface area contributed by atoms with Crippen molar-refractivity contribution in [1.82, 2.24) is 9.80 Å². The molecule has 25 heavy (non-hydrogen) atoms. The van der Waals surface area contributed by atoms with Crippen LogP contribution in [-0.2, 0) is 17.8 Å². The van der Waals surface area contributed by atoms with E-state index in [-0.39, 0.29) is 5.54 Å². The lowest BCUT2D eigenvalue weighted by Gasteiger charge is -2.42.